The van der Waals surface area contributed by atoms with Crippen molar-refractivity contribution in [2.75, 3.05) is 13.2 Å². The van der Waals surface area contributed by atoms with Gasteiger partial charge in [0, 0.05) is 5.56 Å². The van der Waals surface area contributed by atoms with Crippen molar-refractivity contribution in [3.8, 4) is 5.75 Å². The molecule has 1 atom stereocenters. The Balaban J connectivity index is 2.05. The summed E-state index contributed by atoms with van der Waals surface area (Å²) < 4.78 is 11.7. The average molecular weight is 280 g/mol. The van der Waals surface area contributed by atoms with Crippen molar-refractivity contribution in [3.63, 3.8) is 0 Å². The number of aryl methyl sites for hydroxylation is 1. The van der Waals surface area contributed by atoms with Gasteiger partial charge in [-0.25, -0.2) is 0 Å². The smallest absolute Gasteiger partial charge is 0.124 e. The minimum atomic E-state index is -0.621. The molecule has 3 nitrogen and oxygen atoms in total. The van der Waals surface area contributed by atoms with Gasteiger partial charge < -0.3 is 14.3 Å². The highest BCUT2D eigenvalue weighted by Crippen LogP contribution is 2.47. The van der Waals surface area contributed by atoms with Gasteiger partial charge in [0.25, 0.3) is 0 Å². The van der Waals surface area contributed by atoms with E-state index in [9.17, 15) is 5.11 Å². The molecule has 106 valence electrons. The van der Waals surface area contributed by atoms with Crippen LogP contribution >= 0.6 is 0 Å². The van der Waals surface area contributed by atoms with Crippen LogP contribution in [0.2, 0.25) is 0 Å². The zero-order valence-electron chi connectivity index (χ0n) is 11.8. The molecule has 2 aromatic carbocycles. The fourth-order valence-corrected chi connectivity index (χ4v) is 3.23. The Morgan fingerprint density at radius 2 is 1.95 bits per heavy atom. The Kier molecular flexibility index (Phi) is 2.59. The molecule has 21 heavy (non-hydrogen) atoms. The van der Waals surface area contributed by atoms with E-state index < -0.39 is 5.41 Å². The molecule has 0 spiro atoms. The second-order valence-corrected chi connectivity index (χ2v) is 5.60. The largest absolute Gasteiger partial charge is 0.492 e. The standard InChI is InChI=1S/C18H16O3/c1-12-6-9-16(21-12)18(10-19)11-20-15-8-7-13-4-2-3-5-14(13)17(15)18/h2-9,19H,10-11H2,1H3/t18-/m0/s1. The summed E-state index contributed by atoms with van der Waals surface area (Å²) in [7, 11) is 0. The summed E-state index contributed by atoms with van der Waals surface area (Å²) in [6.45, 7) is 2.27. The van der Waals surface area contributed by atoms with Gasteiger partial charge >= 0.3 is 0 Å². The fourth-order valence-electron chi connectivity index (χ4n) is 3.23. The first-order valence-electron chi connectivity index (χ1n) is 7.07. The molecule has 0 bridgehead atoms. The zero-order chi connectivity index (χ0) is 14.4. The van der Waals surface area contributed by atoms with E-state index in [0.29, 0.717) is 6.61 Å². The van der Waals surface area contributed by atoms with Crippen molar-refractivity contribution in [3.05, 3.63) is 65.6 Å². The molecule has 0 saturated heterocycles. The molecule has 0 unspecified atom stereocenters. The highest BCUT2D eigenvalue weighted by atomic mass is 16.5. The van der Waals surface area contributed by atoms with E-state index in [0.717, 1.165) is 33.6 Å². The SMILES string of the molecule is Cc1ccc([C@]2(CO)COc3ccc4ccccc4c32)o1. The molecule has 3 aromatic rings. The average Bonchev–Trinajstić information content (AvgIpc) is 3.11. The third kappa shape index (κ3) is 1.64. The van der Waals surface area contributed by atoms with Crippen molar-refractivity contribution >= 4 is 10.8 Å². The van der Waals surface area contributed by atoms with E-state index in [1.165, 1.54) is 0 Å². The summed E-state index contributed by atoms with van der Waals surface area (Å²) in [6, 6.07) is 16.1. The summed E-state index contributed by atoms with van der Waals surface area (Å²) in [5, 5.41) is 12.4. The number of furan rings is 1. The van der Waals surface area contributed by atoms with Crippen LogP contribution in [0.25, 0.3) is 10.8 Å². The zero-order valence-corrected chi connectivity index (χ0v) is 11.8. The van der Waals surface area contributed by atoms with E-state index in [1.54, 1.807) is 0 Å². The highest BCUT2D eigenvalue weighted by molar-refractivity contribution is 5.90. The third-order valence-electron chi connectivity index (χ3n) is 4.33. The van der Waals surface area contributed by atoms with Crippen LogP contribution in [-0.4, -0.2) is 18.3 Å². The second-order valence-electron chi connectivity index (χ2n) is 5.60. The van der Waals surface area contributed by atoms with Gasteiger partial charge in [0.1, 0.15) is 29.3 Å². The summed E-state index contributed by atoms with van der Waals surface area (Å²) in [5.74, 6) is 2.43. The Morgan fingerprint density at radius 3 is 2.71 bits per heavy atom. The quantitative estimate of drug-likeness (QED) is 0.782. The Labute approximate surface area is 122 Å². The van der Waals surface area contributed by atoms with Crippen LogP contribution in [0.3, 0.4) is 0 Å². The van der Waals surface area contributed by atoms with Crippen LogP contribution in [0.1, 0.15) is 17.1 Å². The number of rotatable bonds is 2. The van der Waals surface area contributed by atoms with Gasteiger partial charge in [-0.05, 0) is 35.9 Å². The summed E-state index contributed by atoms with van der Waals surface area (Å²) in [5.41, 5.74) is 0.405. The van der Waals surface area contributed by atoms with Crippen LogP contribution < -0.4 is 4.74 Å². The highest BCUT2D eigenvalue weighted by Gasteiger charge is 2.45. The molecule has 3 heteroatoms. The first kappa shape index (κ1) is 12.5. The molecule has 0 fully saturated rings. The lowest BCUT2D eigenvalue weighted by molar-refractivity contribution is 0.166. The van der Waals surface area contributed by atoms with E-state index in [4.69, 9.17) is 9.15 Å². The normalized spacial score (nSPS) is 20.5. The summed E-state index contributed by atoms with van der Waals surface area (Å²) in [6.07, 6.45) is 0. The second kappa shape index (κ2) is 4.37. The van der Waals surface area contributed by atoms with Crippen molar-refractivity contribution in [1.29, 1.82) is 0 Å². The number of aliphatic hydroxyl groups excluding tert-OH is 1. The number of hydrogen-bond acceptors (Lipinski definition) is 3. The van der Waals surface area contributed by atoms with Gasteiger partial charge in [-0.2, -0.15) is 0 Å². The molecule has 2 heterocycles. The van der Waals surface area contributed by atoms with Crippen molar-refractivity contribution in [1.82, 2.24) is 0 Å². The fraction of sp³-hybridized carbons (Fsp3) is 0.222. The number of aliphatic hydroxyl groups is 1. The first-order valence-corrected chi connectivity index (χ1v) is 7.07. The molecule has 0 aliphatic carbocycles. The monoisotopic (exact) mass is 280 g/mol. The number of fused-ring (bicyclic) bond motifs is 3. The molecule has 0 saturated carbocycles. The lowest BCUT2D eigenvalue weighted by Gasteiger charge is -2.24. The predicted molar refractivity (Wildman–Crippen MR) is 80.8 cm³/mol. The van der Waals surface area contributed by atoms with Gasteiger partial charge in [0.2, 0.25) is 0 Å². The van der Waals surface area contributed by atoms with Crippen molar-refractivity contribution in [2.45, 2.75) is 12.3 Å². The molecule has 1 aromatic heterocycles. The first-order chi connectivity index (χ1) is 10.2. The Hall–Kier alpha value is -2.26. The van der Waals surface area contributed by atoms with E-state index >= 15 is 0 Å². The molecule has 1 N–H and O–H groups in total. The predicted octanol–water partition coefficient (Wildman–Crippen LogP) is 3.41. The lowest BCUT2D eigenvalue weighted by Crippen LogP contribution is -2.33. The molecule has 1 aliphatic rings. The number of ether oxygens (including phenoxy) is 1. The van der Waals surface area contributed by atoms with E-state index in [2.05, 4.69) is 18.2 Å². The van der Waals surface area contributed by atoms with Gasteiger partial charge in [-0.15, -0.1) is 0 Å². The maximum Gasteiger partial charge on any atom is 0.124 e. The van der Waals surface area contributed by atoms with E-state index in [-0.39, 0.29) is 6.61 Å². The number of hydrogen-bond donors (Lipinski definition) is 1. The maximum absolute atomic E-state index is 10.1. The van der Waals surface area contributed by atoms with Gasteiger partial charge in [-0.3, -0.25) is 0 Å². The molecular formula is C18H16O3. The van der Waals surface area contributed by atoms with Crippen molar-refractivity contribution in [2.24, 2.45) is 0 Å². The molecule has 1 aliphatic heterocycles. The van der Waals surface area contributed by atoms with Gasteiger partial charge in [-0.1, -0.05) is 30.3 Å². The van der Waals surface area contributed by atoms with Gasteiger partial charge in [0.15, 0.2) is 0 Å². The third-order valence-corrected chi connectivity index (χ3v) is 4.33. The van der Waals surface area contributed by atoms with Crippen LogP contribution in [0.15, 0.2) is 52.9 Å². The molecule has 0 radical (unpaired) electrons. The topological polar surface area (TPSA) is 42.6 Å². The lowest BCUT2D eigenvalue weighted by atomic mass is 9.78. The minimum absolute atomic E-state index is 0.0407. The van der Waals surface area contributed by atoms with E-state index in [1.807, 2.05) is 37.3 Å². The number of benzene rings is 2. The minimum Gasteiger partial charge on any atom is -0.492 e. The molecular weight excluding hydrogens is 264 g/mol. The Bertz CT molecular complexity index is 818. The Morgan fingerprint density at radius 1 is 1.10 bits per heavy atom. The van der Waals surface area contributed by atoms with Crippen LogP contribution in [0.4, 0.5) is 0 Å². The van der Waals surface area contributed by atoms with Crippen LogP contribution in [0, 0.1) is 6.92 Å². The maximum atomic E-state index is 10.1. The van der Waals surface area contributed by atoms with Gasteiger partial charge in [0.05, 0.1) is 6.61 Å². The molecule has 0 amide bonds. The van der Waals surface area contributed by atoms with Crippen LogP contribution in [-0.2, 0) is 5.41 Å². The molecule has 4 rings (SSSR count). The van der Waals surface area contributed by atoms with Crippen LogP contribution in [0.5, 0.6) is 5.75 Å². The summed E-state index contributed by atoms with van der Waals surface area (Å²) >= 11 is 0. The van der Waals surface area contributed by atoms with Crippen molar-refractivity contribution < 1.29 is 14.3 Å². The summed E-state index contributed by atoms with van der Waals surface area (Å²) in [4.78, 5) is 0.